The number of aliphatic hydroxyl groups is 1. The molecule has 1 heterocycles. The molecule has 0 radical (unpaired) electrons. The van der Waals surface area contributed by atoms with Gasteiger partial charge in [-0.15, -0.1) is 0 Å². The Bertz CT molecular complexity index is 711. The van der Waals surface area contributed by atoms with E-state index in [4.69, 9.17) is 18.4 Å². The third-order valence-electron chi connectivity index (χ3n) is 2.52. The van der Waals surface area contributed by atoms with Gasteiger partial charge in [0.25, 0.3) is 0 Å². The van der Waals surface area contributed by atoms with Gasteiger partial charge in [0.1, 0.15) is 18.3 Å². The molecule has 0 aromatic rings. The van der Waals surface area contributed by atoms with Gasteiger partial charge in [0, 0.05) is 0 Å². The van der Waals surface area contributed by atoms with Gasteiger partial charge in [0.2, 0.25) is 0 Å². The Kier molecular flexibility index (Phi) is 6.43. The van der Waals surface area contributed by atoms with Crippen molar-refractivity contribution in [3.63, 3.8) is 0 Å². The molecule has 1 saturated heterocycles. The molecule has 0 spiro atoms. The van der Waals surface area contributed by atoms with Crippen molar-refractivity contribution in [1.29, 1.82) is 0 Å². The highest BCUT2D eigenvalue weighted by molar-refractivity contribution is 7.83. The number of ether oxygens (including phenoxy) is 1. The van der Waals surface area contributed by atoms with Crippen LogP contribution in [0.25, 0.3) is 0 Å². The number of rotatable bonds is 7. The molecule has 1 fully saturated rings. The van der Waals surface area contributed by atoms with Crippen LogP contribution in [-0.2, 0) is 44.2 Å². The second-order valence-electron chi connectivity index (χ2n) is 4.26. The molecular formula is C6H13NO13S3. The number of hydrogen-bond acceptors (Lipinski definition) is 10. The van der Waals surface area contributed by atoms with Crippen molar-refractivity contribution in [2.45, 2.75) is 24.4 Å². The first-order chi connectivity index (χ1) is 10.2. The molecule has 0 amide bonds. The maximum atomic E-state index is 10.8. The lowest BCUT2D eigenvalue weighted by Gasteiger charge is -2.38. The van der Waals surface area contributed by atoms with Crippen LogP contribution in [0.1, 0.15) is 0 Å². The molecule has 2 unspecified atom stereocenters. The van der Waals surface area contributed by atoms with Gasteiger partial charge < -0.3 is 9.84 Å². The molecule has 0 saturated carbocycles. The molecule has 1 rings (SSSR count). The smallest absolute Gasteiger partial charge is 0.387 e. The first-order valence-corrected chi connectivity index (χ1v) is 9.67. The van der Waals surface area contributed by atoms with E-state index in [-0.39, 0.29) is 0 Å². The minimum Gasteiger partial charge on any atom is -0.387 e. The summed E-state index contributed by atoms with van der Waals surface area (Å²) in [6.45, 7) is -1.67. The van der Waals surface area contributed by atoms with Crippen LogP contribution in [0.2, 0.25) is 0 Å². The lowest BCUT2D eigenvalue weighted by molar-refractivity contribution is -0.149. The van der Waals surface area contributed by atoms with E-state index < -0.39 is 68.7 Å². The summed E-state index contributed by atoms with van der Waals surface area (Å²) in [6.07, 6.45) is -5.58. The highest BCUT2D eigenvalue weighted by Gasteiger charge is 2.44. The Labute approximate surface area is 131 Å². The lowest BCUT2D eigenvalue weighted by atomic mass is 9.99. The SMILES string of the molecule is O=S(=O)(O)NC1COC(COS(=O)(=O)O)[C@@H](O)[C@H]1OS(=O)(=O)O. The molecule has 23 heavy (non-hydrogen) atoms. The van der Waals surface area contributed by atoms with Crippen molar-refractivity contribution >= 4 is 31.1 Å². The van der Waals surface area contributed by atoms with Crippen LogP contribution < -0.4 is 4.72 Å². The van der Waals surface area contributed by atoms with Gasteiger partial charge in [0.15, 0.2) is 0 Å². The largest absolute Gasteiger partial charge is 0.397 e. The summed E-state index contributed by atoms with van der Waals surface area (Å²) >= 11 is 0. The van der Waals surface area contributed by atoms with E-state index in [1.54, 1.807) is 0 Å². The Morgan fingerprint density at radius 1 is 1.04 bits per heavy atom. The standard InChI is InChI=1S/C6H13NO13S3/c8-5-4(2-19-22(12,13)14)18-1-3(7-21(9,10)11)6(5)20-23(15,16)17/h3-8H,1-2H2,(H,9,10,11)(H,12,13,14)(H,15,16,17)/t3?,4?,5-,6+/m1/s1. The van der Waals surface area contributed by atoms with E-state index in [0.717, 1.165) is 0 Å². The van der Waals surface area contributed by atoms with Crippen LogP contribution in [0.5, 0.6) is 0 Å². The molecular weight excluding hydrogens is 390 g/mol. The van der Waals surface area contributed by atoms with Crippen molar-refractivity contribution in [2.24, 2.45) is 0 Å². The van der Waals surface area contributed by atoms with Crippen LogP contribution in [0.15, 0.2) is 0 Å². The van der Waals surface area contributed by atoms with Gasteiger partial charge in [0.05, 0.1) is 19.3 Å². The topological polar surface area (TPSA) is 223 Å². The highest BCUT2D eigenvalue weighted by Crippen LogP contribution is 2.21. The van der Waals surface area contributed by atoms with Crippen LogP contribution in [0.4, 0.5) is 0 Å². The number of aliphatic hydroxyl groups excluding tert-OH is 1. The predicted molar refractivity (Wildman–Crippen MR) is 68.1 cm³/mol. The van der Waals surface area contributed by atoms with Gasteiger partial charge in [-0.2, -0.15) is 30.0 Å². The zero-order valence-electron chi connectivity index (χ0n) is 10.9. The van der Waals surface area contributed by atoms with Gasteiger partial charge in [-0.3, -0.25) is 13.7 Å². The highest BCUT2D eigenvalue weighted by atomic mass is 32.3. The summed E-state index contributed by atoms with van der Waals surface area (Å²) in [5.41, 5.74) is 0. The fourth-order valence-corrected chi connectivity index (χ4v) is 3.15. The molecule has 0 aromatic heterocycles. The zero-order chi connectivity index (χ0) is 18.1. The summed E-state index contributed by atoms with van der Waals surface area (Å²) in [4.78, 5) is 0. The molecule has 0 aromatic carbocycles. The van der Waals surface area contributed by atoms with Gasteiger partial charge >= 0.3 is 31.1 Å². The van der Waals surface area contributed by atoms with E-state index in [2.05, 4.69) is 8.37 Å². The van der Waals surface area contributed by atoms with Crippen LogP contribution in [0.3, 0.4) is 0 Å². The molecule has 1 aliphatic heterocycles. The summed E-state index contributed by atoms with van der Waals surface area (Å²) in [7, 11) is -14.9. The Morgan fingerprint density at radius 2 is 1.61 bits per heavy atom. The van der Waals surface area contributed by atoms with E-state index in [0.29, 0.717) is 0 Å². The maximum Gasteiger partial charge on any atom is 0.397 e. The van der Waals surface area contributed by atoms with Crippen molar-refractivity contribution in [1.82, 2.24) is 4.72 Å². The normalized spacial score (nSPS) is 30.3. The van der Waals surface area contributed by atoms with E-state index in [1.165, 1.54) is 4.72 Å². The second-order valence-corrected chi connectivity index (χ2v) is 7.59. The Hall–Kier alpha value is -0.470. The Balaban J connectivity index is 2.95. The molecule has 14 nitrogen and oxygen atoms in total. The summed E-state index contributed by atoms with van der Waals surface area (Å²) < 4.78 is 104. The lowest BCUT2D eigenvalue weighted by Crippen LogP contribution is -2.61. The fourth-order valence-electron chi connectivity index (χ4n) is 1.73. The molecule has 4 atom stereocenters. The molecule has 5 N–H and O–H groups in total. The summed E-state index contributed by atoms with van der Waals surface area (Å²) in [5.74, 6) is 0. The van der Waals surface area contributed by atoms with Crippen molar-refractivity contribution in [2.75, 3.05) is 13.2 Å². The van der Waals surface area contributed by atoms with E-state index in [1.807, 2.05) is 0 Å². The summed E-state index contributed by atoms with van der Waals surface area (Å²) in [6, 6.07) is -1.65. The summed E-state index contributed by atoms with van der Waals surface area (Å²) in [5, 5.41) is 9.86. The minimum absolute atomic E-state index is 0.698. The van der Waals surface area contributed by atoms with E-state index >= 15 is 0 Å². The van der Waals surface area contributed by atoms with Crippen molar-refractivity contribution < 1.29 is 57.1 Å². The molecule has 138 valence electrons. The molecule has 1 aliphatic rings. The predicted octanol–water partition coefficient (Wildman–Crippen LogP) is -3.49. The minimum atomic E-state index is -5.15. The third-order valence-corrected chi connectivity index (χ3v) is 4.02. The molecule has 0 aliphatic carbocycles. The van der Waals surface area contributed by atoms with Gasteiger partial charge in [-0.1, -0.05) is 0 Å². The Morgan fingerprint density at radius 3 is 2.04 bits per heavy atom. The average Bonchev–Trinajstić information content (AvgIpc) is 2.28. The van der Waals surface area contributed by atoms with Crippen molar-refractivity contribution in [3.8, 4) is 0 Å². The quantitative estimate of drug-likeness (QED) is 0.261. The zero-order valence-corrected chi connectivity index (χ0v) is 13.4. The monoisotopic (exact) mass is 403 g/mol. The second kappa shape index (κ2) is 7.19. The third kappa shape index (κ3) is 7.76. The van der Waals surface area contributed by atoms with Gasteiger partial charge in [-0.05, 0) is 0 Å². The number of hydrogen-bond donors (Lipinski definition) is 5. The average molecular weight is 403 g/mol. The molecule has 0 bridgehead atoms. The van der Waals surface area contributed by atoms with Gasteiger partial charge in [-0.25, -0.2) is 8.37 Å². The van der Waals surface area contributed by atoms with Crippen LogP contribution >= 0.6 is 0 Å². The first-order valence-electron chi connectivity index (χ1n) is 5.50. The number of nitrogens with one attached hydrogen (secondary N) is 1. The van der Waals surface area contributed by atoms with Crippen LogP contribution in [-0.4, -0.2) is 81.6 Å². The first kappa shape index (κ1) is 20.6. The van der Waals surface area contributed by atoms with E-state index in [9.17, 15) is 30.4 Å². The van der Waals surface area contributed by atoms with Crippen LogP contribution in [0, 0.1) is 0 Å². The fraction of sp³-hybridized carbons (Fsp3) is 1.00. The maximum absolute atomic E-state index is 10.8. The van der Waals surface area contributed by atoms with Crippen molar-refractivity contribution in [3.05, 3.63) is 0 Å². The molecule has 17 heteroatoms.